The molecule has 10 heteroatoms. The van der Waals surface area contributed by atoms with Crippen molar-refractivity contribution in [1.82, 2.24) is 9.80 Å². The number of carbonyl (C=O) groups excluding carboxylic acids is 2. The molecule has 6 rings (SSSR count). The fraction of sp³-hybridized carbons (Fsp3) is 0.533. The molecule has 2 N–H and O–H groups in total. The third kappa shape index (κ3) is 7.28. The molecule has 216 valence electrons. The Labute approximate surface area is 236 Å². The van der Waals surface area contributed by atoms with E-state index in [1.54, 1.807) is 0 Å². The molecule has 1 saturated carbocycles. The summed E-state index contributed by atoms with van der Waals surface area (Å²) in [6.07, 6.45) is 5.24. The Bertz CT molecular complexity index is 1290. The molecule has 0 spiro atoms. The van der Waals surface area contributed by atoms with Gasteiger partial charge in [0, 0.05) is 50.5 Å². The molecule has 1 amide bonds. The number of carbonyl (C=O) groups is 2. The molecule has 40 heavy (non-hydrogen) atoms. The molecule has 4 aliphatic rings. The van der Waals surface area contributed by atoms with Crippen LogP contribution in [0.1, 0.15) is 57.9 Å². The van der Waals surface area contributed by atoms with E-state index < -0.39 is 10.0 Å². The van der Waals surface area contributed by atoms with Crippen LogP contribution in [0, 0.1) is 17.8 Å². The lowest BCUT2D eigenvalue weighted by Crippen LogP contribution is -2.32. The number of nitrogens with two attached hydrogens (primary N) is 1. The molecule has 2 aromatic carbocycles. The number of benzene rings is 2. The summed E-state index contributed by atoms with van der Waals surface area (Å²) in [5.41, 5.74) is 2.52. The average molecular weight is 570 g/mol. The van der Waals surface area contributed by atoms with Crippen LogP contribution in [0.3, 0.4) is 0 Å². The number of amides is 1. The van der Waals surface area contributed by atoms with Crippen LogP contribution in [0.4, 0.5) is 0 Å². The molecule has 0 aromatic heterocycles. The van der Waals surface area contributed by atoms with Gasteiger partial charge >= 0.3 is 0 Å². The van der Waals surface area contributed by atoms with Gasteiger partial charge in [0.25, 0.3) is 5.91 Å². The number of likely N-dealkylation sites (tertiary alicyclic amines) is 2. The summed E-state index contributed by atoms with van der Waals surface area (Å²) in [5.74, 6) is 3.53. The van der Waals surface area contributed by atoms with Crippen molar-refractivity contribution in [3.63, 3.8) is 0 Å². The second-order valence-electron chi connectivity index (χ2n) is 11.6. The monoisotopic (exact) mass is 569 g/mol. The Morgan fingerprint density at radius 1 is 1.00 bits per heavy atom. The standard InChI is InChI=1S/C23H32N2O3.C7H7NO3S/c1-24-11-20-13-25(14-21(20)12-24)23(26)19-8-18(17-2-3-17)9-22(10-19)28-15-16-4-6-27-7-5-16;8-12(10,11)7-3-1-6(5-9)2-4-7/h8-10,16-17,20-21H,2-7,11-15H2,1H3;1-5H,(H2,8,10,11). The summed E-state index contributed by atoms with van der Waals surface area (Å²) >= 11 is 0. The van der Waals surface area contributed by atoms with Crippen LogP contribution in [0.25, 0.3) is 0 Å². The number of aldehydes is 1. The first-order valence-electron chi connectivity index (χ1n) is 14.1. The zero-order chi connectivity index (χ0) is 28.3. The topological polar surface area (TPSA) is 119 Å². The third-order valence-corrected chi connectivity index (χ3v) is 9.28. The Morgan fingerprint density at radius 3 is 2.23 bits per heavy atom. The van der Waals surface area contributed by atoms with Gasteiger partial charge in [-0.25, -0.2) is 13.6 Å². The molecule has 2 unspecified atom stereocenters. The zero-order valence-electron chi connectivity index (χ0n) is 23.0. The van der Waals surface area contributed by atoms with Crippen LogP contribution >= 0.6 is 0 Å². The number of hydrogen-bond donors (Lipinski definition) is 1. The van der Waals surface area contributed by atoms with Gasteiger partial charge in [-0.3, -0.25) is 9.59 Å². The number of sulfonamides is 1. The van der Waals surface area contributed by atoms with E-state index in [4.69, 9.17) is 14.6 Å². The van der Waals surface area contributed by atoms with Crippen molar-refractivity contribution in [3.8, 4) is 5.75 Å². The van der Waals surface area contributed by atoms with Crippen LogP contribution in [0.15, 0.2) is 47.4 Å². The first kappa shape index (κ1) is 28.7. The van der Waals surface area contributed by atoms with Crippen molar-refractivity contribution in [2.75, 3.05) is 53.0 Å². The highest BCUT2D eigenvalue weighted by molar-refractivity contribution is 7.89. The number of nitrogens with zero attached hydrogens (tertiary/aromatic N) is 2. The van der Waals surface area contributed by atoms with Crippen LogP contribution in [-0.4, -0.2) is 83.5 Å². The lowest BCUT2D eigenvalue weighted by atomic mass is 10.0. The van der Waals surface area contributed by atoms with E-state index in [0.29, 0.717) is 35.5 Å². The predicted molar refractivity (Wildman–Crippen MR) is 151 cm³/mol. The van der Waals surface area contributed by atoms with E-state index in [9.17, 15) is 18.0 Å². The van der Waals surface area contributed by atoms with E-state index >= 15 is 0 Å². The van der Waals surface area contributed by atoms with Gasteiger partial charge < -0.3 is 19.3 Å². The van der Waals surface area contributed by atoms with E-state index in [1.165, 1.54) is 42.7 Å². The van der Waals surface area contributed by atoms with E-state index in [2.05, 4.69) is 29.0 Å². The van der Waals surface area contributed by atoms with Crippen molar-refractivity contribution in [3.05, 3.63) is 59.2 Å². The average Bonchev–Trinajstić information content (AvgIpc) is 3.65. The van der Waals surface area contributed by atoms with E-state index in [0.717, 1.165) is 70.2 Å². The van der Waals surface area contributed by atoms with Crippen molar-refractivity contribution in [2.45, 2.75) is 36.5 Å². The van der Waals surface area contributed by atoms with Gasteiger partial charge in [-0.15, -0.1) is 0 Å². The molecule has 3 saturated heterocycles. The fourth-order valence-corrected chi connectivity index (χ4v) is 6.44. The minimum absolute atomic E-state index is 0.00750. The number of ether oxygens (including phenoxy) is 2. The van der Waals surface area contributed by atoms with Crippen LogP contribution in [0.5, 0.6) is 5.75 Å². The Balaban J connectivity index is 0.000000227. The largest absolute Gasteiger partial charge is 0.493 e. The number of primary sulfonamides is 1. The number of rotatable bonds is 7. The van der Waals surface area contributed by atoms with Gasteiger partial charge in [0.15, 0.2) is 0 Å². The molecule has 2 atom stereocenters. The molecule has 0 bridgehead atoms. The maximum absolute atomic E-state index is 13.3. The first-order chi connectivity index (χ1) is 19.2. The Morgan fingerprint density at radius 2 is 1.65 bits per heavy atom. The Kier molecular flexibility index (Phi) is 8.89. The molecule has 4 fully saturated rings. The SMILES string of the molecule is CN1CC2CN(C(=O)c3cc(OCC4CCOCC4)cc(C4CC4)c3)CC2C1.NS(=O)(=O)c1ccc(C=O)cc1. The highest BCUT2D eigenvalue weighted by atomic mass is 32.2. The predicted octanol–water partition coefficient (Wildman–Crippen LogP) is 3.15. The minimum Gasteiger partial charge on any atom is -0.493 e. The second-order valence-corrected chi connectivity index (χ2v) is 13.2. The van der Waals surface area contributed by atoms with E-state index in [1.807, 2.05) is 6.07 Å². The lowest BCUT2D eigenvalue weighted by Gasteiger charge is -2.23. The summed E-state index contributed by atoms with van der Waals surface area (Å²) in [5, 5.41) is 4.83. The summed E-state index contributed by atoms with van der Waals surface area (Å²) in [4.78, 5) is 27.9. The second kappa shape index (κ2) is 12.4. The molecule has 3 heterocycles. The van der Waals surface area contributed by atoms with Gasteiger partial charge in [0.05, 0.1) is 11.5 Å². The number of fused-ring (bicyclic) bond motifs is 1. The first-order valence-corrected chi connectivity index (χ1v) is 15.7. The van der Waals surface area contributed by atoms with Crippen molar-refractivity contribution < 1.29 is 27.5 Å². The summed E-state index contributed by atoms with van der Waals surface area (Å²) in [7, 11) is -1.46. The van der Waals surface area contributed by atoms with Gasteiger partial charge in [0.1, 0.15) is 12.0 Å². The summed E-state index contributed by atoms with van der Waals surface area (Å²) in [6, 6.07) is 11.6. The molecule has 2 aromatic rings. The molecule has 1 aliphatic carbocycles. The summed E-state index contributed by atoms with van der Waals surface area (Å²) < 4.78 is 33.1. The lowest BCUT2D eigenvalue weighted by molar-refractivity contribution is 0.0497. The maximum Gasteiger partial charge on any atom is 0.254 e. The third-order valence-electron chi connectivity index (χ3n) is 8.35. The van der Waals surface area contributed by atoms with Crippen LogP contribution in [-0.2, 0) is 14.8 Å². The molecule has 0 radical (unpaired) electrons. The maximum atomic E-state index is 13.3. The zero-order valence-corrected chi connectivity index (χ0v) is 23.9. The van der Waals surface area contributed by atoms with Gasteiger partial charge in [-0.1, -0.05) is 12.1 Å². The van der Waals surface area contributed by atoms with Gasteiger partial charge in [-0.2, -0.15) is 0 Å². The summed E-state index contributed by atoms with van der Waals surface area (Å²) in [6.45, 7) is 6.45. The number of hydrogen-bond acceptors (Lipinski definition) is 7. The van der Waals surface area contributed by atoms with Crippen molar-refractivity contribution in [2.24, 2.45) is 22.9 Å². The normalized spacial score (nSPS) is 23.3. The highest BCUT2D eigenvalue weighted by Crippen LogP contribution is 2.42. The van der Waals surface area contributed by atoms with Crippen molar-refractivity contribution in [1.29, 1.82) is 0 Å². The smallest absolute Gasteiger partial charge is 0.254 e. The van der Waals surface area contributed by atoms with Gasteiger partial charge in [-0.05, 0) is 92.3 Å². The molecular weight excluding hydrogens is 530 g/mol. The van der Waals surface area contributed by atoms with E-state index in [-0.39, 0.29) is 10.8 Å². The molecule has 9 nitrogen and oxygen atoms in total. The van der Waals surface area contributed by atoms with Gasteiger partial charge in [0.2, 0.25) is 10.0 Å². The molecular formula is C30H39N3O6S. The van der Waals surface area contributed by atoms with Crippen LogP contribution in [0.2, 0.25) is 0 Å². The quantitative estimate of drug-likeness (QED) is 0.509. The fourth-order valence-electron chi connectivity index (χ4n) is 5.92. The molecule has 3 aliphatic heterocycles. The van der Waals surface area contributed by atoms with Crippen molar-refractivity contribution >= 4 is 22.2 Å². The minimum atomic E-state index is -3.64. The Hall–Kier alpha value is -2.79. The highest BCUT2D eigenvalue weighted by Gasteiger charge is 2.40. The van der Waals surface area contributed by atoms with Crippen LogP contribution < -0.4 is 9.88 Å².